The van der Waals surface area contributed by atoms with Crippen molar-refractivity contribution < 1.29 is 17.6 Å². The molecule has 2 aromatic rings. The predicted molar refractivity (Wildman–Crippen MR) is 63.3 cm³/mol. The standard InChI is InChI=1S/C14H11F4N/c15-10-3-8(4-11(16)7-10)5-14(19)9-1-2-12(17)13(18)6-9/h1-4,6-7,14H,5,19H2. The number of benzene rings is 2. The molecule has 2 N–H and O–H groups in total. The Morgan fingerprint density at radius 1 is 0.842 bits per heavy atom. The van der Waals surface area contributed by atoms with Crippen LogP contribution in [0.1, 0.15) is 17.2 Å². The molecule has 1 nitrogen and oxygen atoms in total. The van der Waals surface area contributed by atoms with Gasteiger partial charge in [-0.1, -0.05) is 6.07 Å². The molecule has 0 saturated carbocycles. The van der Waals surface area contributed by atoms with Crippen LogP contribution in [0.3, 0.4) is 0 Å². The van der Waals surface area contributed by atoms with E-state index in [-0.39, 0.29) is 6.42 Å². The van der Waals surface area contributed by atoms with E-state index in [0.717, 1.165) is 30.3 Å². The molecule has 0 fully saturated rings. The molecule has 2 rings (SSSR count). The summed E-state index contributed by atoms with van der Waals surface area (Å²) in [6, 6.07) is 5.69. The van der Waals surface area contributed by atoms with Gasteiger partial charge >= 0.3 is 0 Å². The lowest BCUT2D eigenvalue weighted by molar-refractivity contribution is 0.505. The smallest absolute Gasteiger partial charge is 0.159 e. The highest BCUT2D eigenvalue weighted by Crippen LogP contribution is 2.19. The molecule has 0 amide bonds. The van der Waals surface area contributed by atoms with E-state index in [0.29, 0.717) is 11.1 Å². The molecule has 0 aliphatic rings. The largest absolute Gasteiger partial charge is 0.324 e. The number of halogens is 4. The Balaban J connectivity index is 2.20. The first kappa shape index (κ1) is 13.5. The summed E-state index contributed by atoms with van der Waals surface area (Å²) in [7, 11) is 0. The lowest BCUT2D eigenvalue weighted by Crippen LogP contribution is -2.14. The predicted octanol–water partition coefficient (Wildman–Crippen LogP) is 3.49. The molecule has 100 valence electrons. The molecule has 1 atom stereocenters. The van der Waals surface area contributed by atoms with Crippen molar-refractivity contribution in [3.05, 3.63) is 70.8 Å². The second-order valence-electron chi connectivity index (χ2n) is 4.26. The van der Waals surface area contributed by atoms with Crippen LogP contribution < -0.4 is 5.73 Å². The van der Waals surface area contributed by atoms with Gasteiger partial charge in [0.15, 0.2) is 11.6 Å². The van der Waals surface area contributed by atoms with Crippen molar-refractivity contribution in [1.29, 1.82) is 0 Å². The zero-order valence-electron chi connectivity index (χ0n) is 9.84. The minimum atomic E-state index is -1.00. The van der Waals surface area contributed by atoms with Crippen molar-refractivity contribution in [2.24, 2.45) is 5.73 Å². The second kappa shape index (κ2) is 5.40. The van der Waals surface area contributed by atoms with Gasteiger partial charge in [-0.3, -0.25) is 0 Å². The van der Waals surface area contributed by atoms with Crippen molar-refractivity contribution in [3.8, 4) is 0 Å². The fourth-order valence-corrected chi connectivity index (χ4v) is 1.84. The maximum absolute atomic E-state index is 13.1. The minimum Gasteiger partial charge on any atom is -0.324 e. The van der Waals surface area contributed by atoms with Gasteiger partial charge in [0.05, 0.1) is 0 Å². The van der Waals surface area contributed by atoms with Gasteiger partial charge in [-0.2, -0.15) is 0 Å². The van der Waals surface area contributed by atoms with Crippen molar-refractivity contribution in [2.45, 2.75) is 12.5 Å². The van der Waals surface area contributed by atoms with E-state index >= 15 is 0 Å². The normalized spacial score (nSPS) is 12.5. The van der Waals surface area contributed by atoms with Crippen LogP contribution in [0, 0.1) is 23.3 Å². The Kier molecular flexibility index (Phi) is 3.85. The van der Waals surface area contributed by atoms with Crippen LogP contribution in [-0.2, 0) is 6.42 Å². The number of hydrogen-bond donors (Lipinski definition) is 1. The third kappa shape index (κ3) is 3.32. The summed E-state index contributed by atoms with van der Waals surface area (Å²) in [6.45, 7) is 0. The van der Waals surface area contributed by atoms with E-state index in [9.17, 15) is 17.6 Å². The van der Waals surface area contributed by atoms with E-state index in [1.165, 1.54) is 6.07 Å². The highest BCUT2D eigenvalue weighted by molar-refractivity contribution is 5.25. The molecule has 1 unspecified atom stereocenters. The van der Waals surface area contributed by atoms with Crippen molar-refractivity contribution >= 4 is 0 Å². The number of nitrogens with two attached hydrogens (primary N) is 1. The molecular weight excluding hydrogens is 258 g/mol. The summed E-state index contributed by atoms with van der Waals surface area (Å²) in [5, 5.41) is 0. The molecule has 0 aliphatic heterocycles. The fraction of sp³-hybridized carbons (Fsp3) is 0.143. The minimum absolute atomic E-state index is 0.125. The first-order valence-electron chi connectivity index (χ1n) is 5.61. The quantitative estimate of drug-likeness (QED) is 0.848. The van der Waals surface area contributed by atoms with Gasteiger partial charge in [0.1, 0.15) is 11.6 Å². The Morgan fingerprint density at radius 3 is 2.05 bits per heavy atom. The van der Waals surface area contributed by atoms with Gasteiger partial charge in [0.2, 0.25) is 0 Å². The SMILES string of the molecule is NC(Cc1cc(F)cc(F)c1)c1ccc(F)c(F)c1. The van der Waals surface area contributed by atoms with Gasteiger partial charge in [0.25, 0.3) is 0 Å². The van der Waals surface area contributed by atoms with Gasteiger partial charge in [0, 0.05) is 12.1 Å². The van der Waals surface area contributed by atoms with Crippen LogP contribution in [0.2, 0.25) is 0 Å². The molecular formula is C14H11F4N. The summed E-state index contributed by atoms with van der Waals surface area (Å²) in [5.41, 5.74) is 6.53. The highest BCUT2D eigenvalue weighted by atomic mass is 19.2. The second-order valence-corrected chi connectivity index (χ2v) is 4.26. The average molecular weight is 269 g/mol. The topological polar surface area (TPSA) is 26.0 Å². The summed E-state index contributed by atoms with van der Waals surface area (Å²) < 4.78 is 51.9. The maximum Gasteiger partial charge on any atom is 0.159 e. The first-order valence-corrected chi connectivity index (χ1v) is 5.61. The van der Waals surface area contributed by atoms with Crippen LogP contribution in [0.5, 0.6) is 0 Å². The van der Waals surface area contributed by atoms with Gasteiger partial charge in [-0.15, -0.1) is 0 Å². The maximum atomic E-state index is 13.1. The third-order valence-electron chi connectivity index (χ3n) is 2.75. The van der Waals surface area contributed by atoms with E-state index < -0.39 is 29.3 Å². The first-order chi connectivity index (χ1) is 8.95. The molecule has 0 bridgehead atoms. The molecule has 19 heavy (non-hydrogen) atoms. The van der Waals surface area contributed by atoms with E-state index in [1.807, 2.05) is 0 Å². The lowest BCUT2D eigenvalue weighted by Gasteiger charge is -2.12. The highest BCUT2D eigenvalue weighted by Gasteiger charge is 2.11. The molecule has 0 saturated heterocycles. The van der Waals surface area contributed by atoms with Crippen LogP contribution in [0.25, 0.3) is 0 Å². The Bertz CT molecular complexity index is 578. The van der Waals surface area contributed by atoms with Gasteiger partial charge < -0.3 is 5.73 Å². The molecule has 0 radical (unpaired) electrons. The number of rotatable bonds is 3. The lowest BCUT2D eigenvalue weighted by atomic mass is 9.99. The van der Waals surface area contributed by atoms with E-state index in [1.54, 1.807) is 0 Å². The van der Waals surface area contributed by atoms with Gasteiger partial charge in [-0.25, -0.2) is 17.6 Å². The Hall–Kier alpha value is -1.88. The zero-order valence-corrected chi connectivity index (χ0v) is 9.84. The summed E-state index contributed by atoms with van der Waals surface area (Å²) in [4.78, 5) is 0. The average Bonchev–Trinajstić information content (AvgIpc) is 2.31. The summed E-state index contributed by atoms with van der Waals surface area (Å²) >= 11 is 0. The van der Waals surface area contributed by atoms with Crippen LogP contribution in [-0.4, -0.2) is 0 Å². The molecule has 0 spiro atoms. The van der Waals surface area contributed by atoms with Crippen LogP contribution >= 0.6 is 0 Å². The van der Waals surface area contributed by atoms with Crippen LogP contribution in [0.15, 0.2) is 36.4 Å². The van der Waals surface area contributed by atoms with Gasteiger partial charge in [-0.05, 0) is 41.8 Å². The van der Waals surface area contributed by atoms with Crippen molar-refractivity contribution in [2.75, 3.05) is 0 Å². The molecule has 2 aromatic carbocycles. The monoisotopic (exact) mass is 269 g/mol. The van der Waals surface area contributed by atoms with Crippen LogP contribution in [0.4, 0.5) is 17.6 Å². The Labute approximate surface area is 107 Å². The third-order valence-corrected chi connectivity index (χ3v) is 2.75. The molecule has 5 heteroatoms. The molecule has 0 heterocycles. The van der Waals surface area contributed by atoms with E-state index in [4.69, 9.17) is 5.73 Å². The van der Waals surface area contributed by atoms with E-state index in [2.05, 4.69) is 0 Å². The van der Waals surface area contributed by atoms with Crippen molar-refractivity contribution in [3.63, 3.8) is 0 Å². The fourth-order valence-electron chi connectivity index (χ4n) is 1.84. The molecule has 0 aliphatic carbocycles. The van der Waals surface area contributed by atoms with Crippen molar-refractivity contribution in [1.82, 2.24) is 0 Å². The Morgan fingerprint density at radius 2 is 1.47 bits per heavy atom. The number of hydrogen-bond acceptors (Lipinski definition) is 1. The summed E-state index contributed by atoms with van der Waals surface area (Å²) in [5.74, 6) is -3.37. The molecule has 0 aromatic heterocycles. The summed E-state index contributed by atoms with van der Waals surface area (Å²) in [6.07, 6.45) is 0.125. The zero-order chi connectivity index (χ0) is 14.0.